The summed E-state index contributed by atoms with van der Waals surface area (Å²) in [4.78, 5) is 12.2. The number of benzene rings is 2. The van der Waals surface area contributed by atoms with Gasteiger partial charge in [0.2, 0.25) is 5.91 Å². The molecule has 1 aromatic heterocycles. The van der Waals surface area contributed by atoms with E-state index in [-0.39, 0.29) is 22.9 Å². The predicted octanol–water partition coefficient (Wildman–Crippen LogP) is 3.80. The highest BCUT2D eigenvalue weighted by Gasteiger charge is 2.17. The van der Waals surface area contributed by atoms with Gasteiger partial charge in [0.05, 0.1) is 16.3 Å². The van der Waals surface area contributed by atoms with E-state index in [1.165, 1.54) is 36.4 Å². The zero-order valence-corrected chi connectivity index (χ0v) is 16.7. The van der Waals surface area contributed by atoms with Crippen LogP contribution in [0.1, 0.15) is 23.4 Å². The molecule has 2 aromatic carbocycles. The summed E-state index contributed by atoms with van der Waals surface area (Å²) in [6.07, 6.45) is 0.646. The number of hydrogen-bond acceptors (Lipinski definition) is 5. The molecule has 9 heteroatoms. The Labute approximate surface area is 168 Å². The van der Waals surface area contributed by atoms with E-state index in [4.69, 9.17) is 4.52 Å². The lowest BCUT2D eigenvalue weighted by Gasteiger charge is -2.11. The van der Waals surface area contributed by atoms with Crippen LogP contribution in [-0.2, 0) is 21.2 Å². The molecule has 0 saturated heterocycles. The van der Waals surface area contributed by atoms with Crippen LogP contribution in [0.4, 0.5) is 15.8 Å². The van der Waals surface area contributed by atoms with E-state index < -0.39 is 15.8 Å². The highest BCUT2D eigenvalue weighted by atomic mass is 32.2. The fraction of sp³-hybridized carbons (Fsp3) is 0.200. The van der Waals surface area contributed by atoms with Gasteiger partial charge in [0, 0.05) is 17.7 Å². The second-order valence-corrected chi connectivity index (χ2v) is 8.15. The molecule has 3 aromatic rings. The third-order valence-corrected chi connectivity index (χ3v) is 5.69. The monoisotopic (exact) mass is 417 g/mol. The van der Waals surface area contributed by atoms with Gasteiger partial charge in [0.15, 0.2) is 0 Å². The number of halogens is 1. The first kappa shape index (κ1) is 20.5. The lowest BCUT2D eigenvalue weighted by atomic mass is 10.1. The van der Waals surface area contributed by atoms with E-state index in [1.54, 1.807) is 19.9 Å². The number of para-hydroxylation sites is 1. The van der Waals surface area contributed by atoms with Gasteiger partial charge < -0.3 is 9.84 Å². The molecule has 0 atom stereocenters. The largest absolute Gasteiger partial charge is 0.361 e. The molecule has 0 fully saturated rings. The number of anilines is 2. The Morgan fingerprint density at radius 2 is 1.90 bits per heavy atom. The van der Waals surface area contributed by atoms with Gasteiger partial charge in [-0.15, -0.1) is 0 Å². The fourth-order valence-electron chi connectivity index (χ4n) is 2.81. The van der Waals surface area contributed by atoms with Crippen molar-refractivity contribution in [2.45, 2.75) is 31.6 Å². The minimum atomic E-state index is -4.02. The van der Waals surface area contributed by atoms with Gasteiger partial charge in [0.25, 0.3) is 10.0 Å². The van der Waals surface area contributed by atoms with E-state index >= 15 is 0 Å². The molecule has 1 heterocycles. The van der Waals surface area contributed by atoms with Crippen molar-refractivity contribution in [3.63, 3.8) is 0 Å². The number of carbonyl (C=O) groups is 1. The van der Waals surface area contributed by atoms with Crippen LogP contribution in [0.25, 0.3) is 0 Å². The minimum absolute atomic E-state index is 0.0933. The summed E-state index contributed by atoms with van der Waals surface area (Å²) in [5.74, 6) is -0.288. The van der Waals surface area contributed by atoms with Gasteiger partial charge in [-0.25, -0.2) is 12.8 Å². The Hall–Kier alpha value is -3.20. The Bertz CT molecular complexity index is 1120. The average molecular weight is 417 g/mol. The SMILES string of the molecule is Cc1noc(C)c1CCC(=O)Nc1cccc(S(=O)(=O)Nc2ccccc2F)c1. The third-order valence-electron chi connectivity index (χ3n) is 4.33. The fourth-order valence-corrected chi connectivity index (χ4v) is 3.92. The third kappa shape index (κ3) is 5.00. The molecule has 152 valence electrons. The summed E-state index contributed by atoms with van der Waals surface area (Å²) in [6, 6.07) is 11.2. The zero-order valence-electron chi connectivity index (χ0n) is 15.9. The number of sulfonamides is 1. The maximum Gasteiger partial charge on any atom is 0.262 e. The topological polar surface area (TPSA) is 101 Å². The molecule has 0 spiro atoms. The highest BCUT2D eigenvalue weighted by molar-refractivity contribution is 7.92. The standard InChI is InChI=1S/C20H20FN3O4S/c1-13-17(14(2)28-23-13)10-11-20(25)22-15-6-5-7-16(12-15)29(26,27)24-19-9-4-3-8-18(19)21/h3-9,12,24H,10-11H2,1-2H3,(H,22,25). The van der Waals surface area contributed by atoms with E-state index in [2.05, 4.69) is 15.2 Å². The molecule has 2 N–H and O–H groups in total. The van der Waals surface area contributed by atoms with Crippen molar-refractivity contribution in [1.82, 2.24) is 5.16 Å². The maximum atomic E-state index is 13.7. The van der Waals surface area contributed by atoms with Gasteiger partial charge in [-0.05, 0) is 50.6 Å². The van der Waals surface area contributed by atoms with Crippen molar-refractivity contribution in [3.05, 3.63) is 71.4 Å². The van der Waals surface area contributed by atoms with Crippen molar-refractivity contribution in [3.8, 4) is 0 Å². The van der Waals surface area contributed by atoms with Crippen LogP contribution < -0.4 is 10.0 Å². The van der Waals surface area contributed by atoms with E-state index in [9.17, 15) is 17.6 Å². The molecule has 0 aliphatic carbocycles. The Morgan fingerprint density at radius 1 is 1.14 bits per heavy atom. The number of amides is 1. The highest BCUT2D eigenvalue weighted by Crippen LogP contribution is 2.21. The molecule has 0 aliphatic rings. The molecule has 29 heavy (non-hydrogen) atoms. The molecule has 0 unspecified atom stereocenters. The number of carbonyl (C=O) groups excluding carboxylic acids is 1. The lowest BCUT2D eigenvalue weighted by molar-refractivity contribution is -0.116. The van der Waals surface area contributed by atoms with Crippen LogP contribution in [0.3, 0.4) is 0 Å². The second-order valence-electron chi connectivity index (χ2n) is 6.46. The maximum absolute atomic E-state index is 13.7. The first-order valence-electron chi connectivity index (χ1n) is 8.85. The number of rotatable bonds is 7. The van der Waals surface area contributed by atoms with E-state index in [1.807, 2.05) is 0 Å². The Balaban J connectivity index is 1.69. The summed E-state index contributed by atoms with van der Waals surface area (Å²) in [5.41, 5.74) is 1.79. The lowest BCUT2D eigenvalue weighted by Crippen LogP contribution is -2.16. The number of nitrogens with zero attached hydrogens (tertiary/aromatic N) is 1. The molecule has 0 saturated carbocycles. The summed E-state index contributed by atoms with van der Waals surface area (Å²) in [5, 5.41) is 6.52. The van der Waals surface area contributed by atoms with Crippen LogP contribution >= 0.6 is 0 Å². The minimum Gasteiger partial charge on any atom is -0.361 e. The number of aromatic nitrogens is 1. The van der Waals surface area contributed by atoms with Gasteiger partial charge in [-0.2, -0.15) is 0 Å². The molecule has 0 radical (unpaired) electrons. The number of aryl methyl sites for hydroxylation is 2. The quantitative estimate of drug-likeness (QED) is 0.609. The van der Waals surface area contributed by atoms with Gasteiger partial charge in [-0.1, -0.05) is 23.4 Å². The second kappa shape index (κ2) is 8.44. The van der Waals surface area contributed by atoms with Gasteiger partial charge >= 0.3 is 0 Å². The van der Waals surface area contributed by atoms with Crippen LogP contribution in [0.2, 0.25) is 0 Å². The molecule has 0 bridgehead atoms. The normalized spacial score (nSPS) is 11.3. The van der Waals surface area contributed by atoms with Crippen molar-refractivity contribution < 1.29 is 22.1 Å². The summed E-state index contributed by atoms with van der Waals surface area (Å²) in [6.45, 7) is 3.59. The Kier molecular flexibility index (Phi) is 5.97. The number of nitrogens with one attached hydrogen (secondary N) is 2. The number of hydrogen-bond donors (Lipinski definition) is 2. The van der Waals surface area contributed by atoms with Crippen molar-refractivity contribution in [2.75, 3.05) is 10.0 Å². The molecular formula is C20H20FN3O4S. The van der Waals surface area contributed by atoms with Crippen molar-refractivity contribution in [1.29, 1.82) is 0 Å². The molecule has 7 nitrogen and oxygen atoms in total. The first-order valence-corrected chi connectivity index (χ1v) is 10.3. The summed E-state index contributed by atoms with van der Waals surface area (Å²) in [7, 11) is -4.02. The van der Waals surface area contributed by atoms with E-state index in [0.717, 1.165) is 17.3 Å². The van der Waals surface area contributed by atoms with Crippen LogP contribution in [0.5, 0.6) is 0 Å². The summed E-state index contributed by atoms with van der Waals surface area (Å²) < 4.78 is 46.1. The van der Waals surface area contributed by atoms with Gasteiger partial charge in [-0.3, -0.25) is 9.52 Å². The predicted molar refractivity (Wildman–Crippen MR) is 107 cm³/mol. The van der Waals surface area contributed by atoms with Gasteiger partial charge in [0.1, 0.15) is 11.6 Å². The Morgan fingerprint density at radius 3 is 2.59 bits per heavy atom. The van der Waals surface area contributed by atoms with E-state index in [0.29, 0.717) is 17.9 Å². The van der Waals surface area contributed by atoms with Crippen molar-refractivity contribution >= 4 is 27.3 Å². The molecule has 1 amide bonds. The first-order chi connectivity index (χ1) is 13.8. The zero-order chi connectivity index (χ0) is 21.0. The van der Waals surface area contributed by atoms with Crippen LogP contribution in [0, 0.1) is 19.7 Å². The summed E-state index contributed by atoms with van der Waals surface area (Å²) >= 11 is 0. The van der Waals surface area contributed by atoms with Crippen LogP contribution in [-0.4, -0.2) is 19.5 Å². The smallest absolute Gasteiger partial charge is 0.262 e. The molecular weight excluding hydrogens is 397 g/mol. The molecule has 3 rings (SSSR count). The average Bonchev–Trinajstić information content (AvgIpc) is 3.00. The van der Waals surface area contributed by atoms with Crippen LogP contribution in [0.15, 0.2) is 57.9 Å². The van der Waals surface area contributed by atoms with Crippen molar-refractivity contribution in [2.24, 2.45) is 0 Å². The molecule has 0 aliphatic heterocycles.